The van der Waals surface area contributed by atoms with Crippen LogP contribution in [0.3, 0.4) is 0 Å². The standard InChI is InChI=1S/C19H21NO5S/c1-4-25-19(21)18(13-20-15-7-9-16(24-3)10-8-15)26(22,23)17-11-5-14(2)6-12-17/h5-13,20H,4H2,1-3H3/b18-13+. The Kier molecular flexibility index (Phi) is 6.41. The SMILES string of the molecule is CCOC(=O)/C(=C\Nc1ccc(OC)cc1)S(=O)(=O)c1ccc(C)cc1. The highest BCUT2D eigenvalue weighted by molar-refractivity contribution is 7.96. The summed E-state index contributed by atoms with van der Waals surface area (Å²) >= 11 is 0. The number of methoxy groups -OCH3 is 1. The maximum atomic E-state index is 12.9. The van der Waals surface area contributed by atoms with Gasteiger partial charge in [-0.2, -0.15) is 0 Å². The lowest BCUT2D eigenvalue weighted by molar-refractivity contribution is -0.137. The highest BCUT2D eigenvalue weighted by Crippen LogP contribution is 2.22. The van der Waals surface area contributed by atoms with Crippen molar-refractivity contribution in [3.63, 3.8) is 0 Å². The maximum Gasteiger partial charge on any atom is 0.351 e. The fourth-order valence-corrected chi connectivity index (χ4v) is 3.37. The summed E-state index contributed by atoms with van der Waals surface area (Å²) in [6, 6.07) is 13.1. The number of carbonyl (C=O) groups is 1. The molecule has 0 radical (unpaired) electrons. The van der Waals surface area contributed by atoms with Crippen molar-refractivity contribution < 1.29 is 22.7 Å². The van der Waals surface area contributed by atoms with Crippen LogP contribution in [0.2, 0.25) is 0 Å². The lowest BCUT2D eigenvalue weighted by Crippen LogP contribution is -2.18. The quantitative estimate of drug-likeness (QED) is 0.591. The lowest BCUT2D eigenvalue weighted by atomic mass is 10.2. The molecule has 0 unspecified atom stereocenters. The Hall–Kier alpha value is -2.80. The minimum absolute atomic E-state index is 0.0268. The highest BCUT2D eigenvalue weighted by Gasteiger charge is 2.28. The Morgan fingerprint density at radius 3 is 2.23 bits per heavy atom. The summed E-state index contributed by atoms with van der Waals surface area (Å²) < 4.78 is 35.7. The molecule has 138 valence electrons. The molecule has 0 aliphatic heterocycles. The van der Waals surface area contributed by atoms with Crippen molar-refractivity contribution in [2.45, 2.75) is 18.7 Å². The van der Waals surface area contributed by atoms with Crippen LogP contribution >= 0.6 is 0 Å². The highest BCUT2D eigenvalue weighted by atomic mass is 32.2. The van der Waals surface area contributed by atoms with E-state index >= 15 is 0 Å². The molecule has 2 rings (SSSR count). The molecule has 6 nitrogen and oxygen atoms in total. The van der Waals surface area contributed by atoms with E-state index in [1.54, 1.807) is 50.4 Å². The summed E-state index contributed by atoms with van der Waals surface area (Å²) in [5, 5.41) is 2.83. The molecule has 1 N–H and O–H groups in total. The van der Waals surface area contributed by atoms with E-state index in [9.17, 15) is 13.2 Å². The van der Waals surface area contributed by atoms with Crippen LogP contribution in [0.25, 0.3) is 0 Å². The van der Waals surface area contributed by atoms with Gasteiger partial charge in [-0.25, -0.2) is 13.2 Å². The number of carbonyl (C=O) groups excluding carboxylic acids is 1. The van der Waals surface area contributed by atoms with Crippen molar-refractivity contribution >= 4 is 21.5 Å². The second-order valence-electron chi connectivity index (χ2n) is 5.42. The zero-order valence-electron chi connectivity index (χ0n) is 14.9. The Labute approximate surface area is 153 Å². The molecule has 0 atom stereocenters. The first-order valence-electron chi connectivity index (χ1n) is 7.98. The zero-order chi connectivity index (χ0) is 19.2. The molecule has 0 bridgehead atoms. The predicted molar refractivity (Wildman–Crippen MR) is 99.7 cm³/mol. The Morgan fingerprint density at radius 1 is 1.08 bits per heavy atom. The van der Waals surface area contributed by atoms with Gasteiger partial charge in [0.1, 0.15) is 5.75 Å². The summed E-state index contributed by atoms with van der Waals surface area (Å²) in [5.41, 5.74) is 1.52. The Bertz CT molecular complexity index is 885. The van der Waals surface area contributed by atoms with Crippen molar-refractivity contribution in [3.05, 3.63) is 65.2 Å². The minimum Gasteiger partial charge on any atom is -0.497 e. The van der Waals surface area contributed by atoms with Gasteiger partial charge in [-0.05, 0) is 50.2 Å². The summed E-state index contributed by atoms with van der Waals surface area (Å²) in [6.45, 7) is 3.54. The molecule has 7 heteroatoms. The number of rotatable bonds is 7. The van der Waals surface area contributed by atoms with Crippen molar-refractivity contribution in [1.29, 1.82) is 0 Å². The van der Waals surface area contributed by atoms with Gasteiger partial charge in [0.25, 0.3) is 0 Å². The molecule has 0 aliphatic carbocycles. The van der Waals surface area contributed by atoms with Crippen LogP contribution in [-0.4, -0.2) is 28.1 Å². The molecule has 0 spiro atoms. The molecule has 0 fully saturated rings. The van der Waals surface area contributed by atoms with E-state index in [2.05, 4.69) is 5.32 Å². The van der Waals surface area contributed by atoms with E-state index in [0.29, 0.717) is 11.4 Å². The fraction of sp³-hybridized carbons (Fsp3) is 0.211. The molecule has 0 amide bonds. The van der Waals surface area contributed by atoms with Gasteiger partial charge >= 0.3 is 5.97 Å². The zero-order valence-corrected chi connectivity index (χ0v) is 15.7. The van der Waals surface area contributed by atoms with Gasteiger partial charge in [0.2, 0.25) is 9.84 Å². The van der Waals surface area contributed by atoms with Gasteiger partial charge in [0, 0.05) is 11.9 Å². The monoisotopic (exact) mass is 375 g/mol. The summed E-state index contributed by atoms with van der Waals surface area (Å²) in [6.07, 6.45) is 1.15. The number of ether oxygens (including phenoxy) is 2. The minimum atomic E-state index is -4.02. The maximum absolute atomic E-state index is 12.9. The predicted octanol–water partition coefficient (Wildman–Crippen LogP) is 3.29. The second-order valence-corrected chi connectivity index (χ2v) is 7.34. The van der Waals surface area contributed by atoms with E-state index in [1.807, 2.05) is 6.92 Å². The van der Waals surface area contributed by atoms with Crippen molar-refractivity contribution in [1.82, 2.24) is 0 Å². The van der Waals surface area contributed by atoms with Gasteiger partial charge in [0.05, 0.1) is 18.6 Å². The Balaban J connectivity index is 2.38. The van der Waals surface area contributed by atoms with E-state index in [0.717, 1.165) is 11.8 Å². The normalized spacial score (nSPS) is 11.7. The average Bonchev–Trinajstić information content (AvgIpc) is 2.63. The van der Waals surface area contributed by atoms with Crippen LogP contribution in [0.5, 0.6) is 5.75 Å². The van der Waals surface area contributed by atoms with Gasteiger partial charge in [0.15, 0.2) is 4.91 Å². The number of aryl methyl sites for hydroxylation is 1. The van der Waals surface area contributed by atoms with Crippen LogP contribution in [0.15, 0.2) is 64.5 Å². The molecule has 0 heterocycles. The van der Waals surface area contributed by atoms with Crippen LogP contribution in [0.4, 0.5) is 5.69 Å². The average molecular weight is 375 g/mol. The number of esters is 1. The smallest absolute Gasteiger partial charge is 0.351 e. The van der Waals surface area contributed by atoms with Gasteiger partial charge in [-0.15, -0.1) is 0 Å². The van der Waals surface area contributed by atoms with Crippen LogP contribution in [0.1, 0.15) is 12.5 Å². The van der Waals surface area contributed by atoms with E-state index < -0.39 is 20.7 Å². The van der Waals surface area contributed by atoms with Crippen molar-refractivity contribution in [3.8, 4) is 5.75 Å². The second kappa shape index (κ2) is 8.53. The number of benzene rings is 2. The van der Waals surface area contributed by atoms with E-state index in [-0.39, 0.29) is 11.5 Å². The number of hydrogen-bond acceptors (Lipinski definition) is 6. The van der Waals surface area contributed by atoms with Crippen molar-refractivity contribution in [2.75, 3.05) is 19.0 Å². The molecular formula is C19H21NO5S. The van der Waals surface area contributed by atoms with E-state index in [1.165, 1.54) is 12.1 Å². The Morgan fingerprint density at radius 2 is 1.69 bits per heavy atom. The van der Waals surface area contributed by atoms with Crippen LogP contribution < -0.4 is 10.1 Å². The third kappa shape index (κ3) is 4.64. The van der Waals surface area contributed by atoms with Crippen LogP contribution in [-0.2, 0) is 19.4 Å². The summed E-state index contributed by atoms with van der Waals surface area (Å²) in [4.78, 5) is 11.8. The first-order valence-corrected chi connectivity index (χ1v) is 9.46. The van der Waals surface area contributed by atoms with Gasteiger partial charge < -0.3 is 14.8 Å². The van der Waals surface area contributed by atoms with Crippen molar-refractivity contribution in [2.24, 2.45) is 0 Å². The number of hydrogen-bond donors (Lipinski definition) is 1. The number of sulfone groups is 1. The fourth-order valence-electron chi connectivity index (χ4n) is 2.13. The first-order chi connectivity index (χ1) is 12.4. The first kappa shape index (κ1) is 19.5. The summed E-state index contributed by atoms with van der Waals surface area (Å²) in [7, 11) is -2.47. The van der Waals surface area contributed by atoms with E-state index in [4.69, 9.17) is 9.47 Å². The summed E-state index contributed by atoms with van der Waals surface area (Å²) in [5.74, 6) is -0.244. The third-order valence-electron chi connectivity index (χ3n) is 3.56. The molecule has 2 aromatic carbocycles. The number of nitrogens with one attached hydrogen (secondary N) is 1. The molecule has 0 saturated carbocycles. The topological polar surface area (TPSA) is 81.7 Å². The third-order valence-corrected chi connectivity index (χ3v) is 5.31. The molecule has 0 aromatic heterocycles. The molecule has 2 aromatic rings. The molecule has 26 heavy (non-hydrogen) atoms. The number of anilines is 1. The van der Waals surface area contributed by atoms with Gasteiger partial charge in [-0.3, -0.25) is 0 Å². The molecular weight excluding hydrogens is 354 g/mol. The van der Waals surface area contributed by atoms with Gasteiger partial charge in [-0.1, -0.05) is 17.7 Å². The van der Waals surface area contributed by atoms with Crippen LogP contribution in [0, 0.1) is 6.92 Å². The molecule has 0 saturated heterocycles. The molecule has 0 aliphatic rings. The largest absolute Gasteiger partial charge is 0.497 e. The lowest BCUT2D eigenvalue weighted by Gasteiger charge is -2.10.